The molecule has 0 aromatic heterocycles. The lowest BCUT2D eigenvalue weighted by Gasteiger charge is -2.32. The van der Waals surface area contributed by atoms with Crippen LogP contribution in [-0.2, 0) is 26.2 Å². The molecule has 3 rings (SSSR count). The van der Waals surface area contributed by atoms with Crippen molar-refractivity contribution in [2.24, 2.45) is 0 Å². The molecule has 0 saturated heterocycles. The van der Waals surface area contributed by atoms with Gasteiger partial charge < -0.3 is 10.2 Å². The Hall–Kier alpha value is -3.14. The molecule has 0 fully saturated rings. The molecule has 1 atom stereocenters. The zero-order chi connectivity index (χ0) is 28.9. The smallest absolute Gasteiger partial charge is 0.264 e. The molecule has 0 unspecified atom stereocenters. The Morgan fingerprint density at radius 2 is 1.62 bits per heavy atom. The molecule has 39 heavy (non-hydrogen) atoms. The number of hydrogen-bond acceptors (Lipinski definition) is 4. The summed E-state index contributed by atoms with van der Waals surface area (Å²) in [5, 5.41) is 3.00. The highest BCUT2D eigenvalue weighted by Gasteiger charge is 2.34. The summed E-state index contributed by atoms with van der Waals surface area (Å²) in [7, 11) is -4.32. The Morgan fingerprint density at radius 3 is 2.23 bits per heavy atom. The monoisotopic (exact) mass is 593 g/mol. The van der Waals surface area contributed by atoms with Crippen LogP contribution in [0.25, 0.3) is 0 Å². The maximum absolute atomic E-state index is 14.6. The van der Waals surface area contributed by atoms with E-state index in [0.29, 0.717) is 0 Å². The maximum atomic E-state index is 14.6. The van der Waals surface area contributed by atoms with E-state index in [9.17, 15) is 22.4 Å². The molecule has 3 aromatic rings. The largest absolute Gasteiger partial charge is 0.352 e. The fraction of sp³-hybridized carbons (Fsp3) is 0.286. The Balaban J connectivity index is 2.09. The quantitative estimate of drug-likeness (QED) is 0.332. The molecule has 1 N–H and O–H groups in total. The Morgan fingerprint density at radius 1 is 0.974 bits per heavy atom. The maximum Gasteiger partial charge on any atom is 0.264 e. The van der Waals surface area contributed by atoms with Crippen molar-refractivity contribution in [3.05, 3.63) is 93.7 Å². The van der Waals surface area contributed by atoms with Gasteiger partial charge >= 0.3 is 0 Å². The van der Waals surface area contributed by atoms with Crippen molar-refractivity contribution in [1.82, 2.24) is 10.2 Å². The van der Waals surface area contributed by atoms with Crippen LogP contribution in [0, 0.1) is 12.7 Å². The van der Waals surface area contributed by atoms with Gasteiger partial charge in [0.1, 0.15) is 18.4 Å². The first-order valence-corrected chi connectivity index (χ1v) is 14.4. The summed E-state index contributed by atoms with van der Waals surface area (Å²) in [6.07, 6.45) is 0. The van der Waals surface area contributed by atoms with Crippen LogP contribution in [0.1, 0.15) is 31.9 Å². The van der Waals surface area contributed by atoms with Gasteiger partial charge in [0, 0.05) is 23.2 Å². The molecule has 0 saturated carbocycles. The molecule has 0 aliphatic carbocycles. The second-order valence-electron chi connectivity index (χ2n) is 9.37. The van der Waals surface area contributed by atoms with E-state index in [1.165, 1.54) is 55.5 Å². The van der Waals surface area contributed by atoms with Crippen LogP contribution in [0.5, 0.6) is 0 Å². The summed E-state index contributed by atoms with van der Waals surface area (Å²) in [5.41, 5.74) is 1.01. The van der Waals surface area contributed by atoms with E-state index in [1.54, 1.807) is 32.0 Å². The van der Waals surface area contributed by atoms with Crippen molar-refractivity contribution in [3.8, 4) is 0 Å². The molecule has 0 aliphatic heterocycles. The molecule has 0 radical (unpaired) electrons. The van der Waals surface area contributed by atoms with Crippen molar-refractivity contribution in [3.63, 3.8) is 0 Å². The van der Waals surface area contributed by atoms with E-state index < -0.39 is 40.2 Å². The number of sulfonamides is 1. The zero-order valence-electron chi connectivity index (χ0n) is 22.0. The number of amides is 2. The Bertz CT molecular complexity index is 1450. The van der Waals surface area contributed by atoms with Gasteiger partial charge in [-0.05, 0) is 64.1 Å². The van der Waals surface area contributed by atoms with E-state index in [1.807, 2.05) is 6.92 Å². The predicted molar refractivity (Wildman–Crippen MR) is 152 cm³/mol. The number of carbonyl (C=O) groups excluding carboxylic acids is 2. The van der Waals surface area contributed by atoms with Gasteiger partial charge in [0.15, 0.2) is 0 Å². The van der Waals surface area contributed by atoms with Gasteiger partial charge in [-0.3, -0.25) is 13.9 Å². The minimum atomic E-state index is -4.32. The highest BCUT2D eigenvalue weighted by atomic mass is 35.5. The summed E-state index contributed by atoms with van der Waals surface area (Å²) in [5.74, 6) is -1.77. The van der Waals surface area contributed by atoms with Crippen molar-refractivity contribution < 1.29 is 22.4 Å². The Kier molecular flexibility index (Phi) is 9.98. The second kappa shape index (κ2) is 12.8. The SMILES string of the molecule is Cc1ccc(S(=O)(=O)N(CC(=O)N(Cc2ccccc2F)[C@H](C)C(=O)NC(C)C)c2cc(Cl)ccc2Cl)cc1. The number of halogens is 3. The molecule has 208 valence electrons. The number of hydrogen-bond donors (Lipinski definition) is 1. The number of rotatable bonds is 10. The van der Waals surface area contributed by atoms with Gasteiger partial charge in [-0.2, -0.15) is 0 Å². The first kappa shape index (κ1) is 30.4. The molecule has 7 nitrogen and oxygen atoms in total. The molecule has 0 spiro atoms. The average molecular weight is 595 g/mol. The summed E-state index contributed by atoms with van der Waals surface area (Å²) in [6, 6.07) is 15.0. The van der Waals surface area contributed by atoms with Crippen LogP contribution >= 0.6 is 23.2 Å². The van der Waals surface area contributed by atoms with Crippen molar-refractivity contribution in [1.29, 1.82) is 0 Å². The number of carbonyl (C=O) groups is 2. The van der Waals surface area contributed by atoms with E-state index in [2.05, 4.69) is 5.32 Å². The lowest BCUT2D eigenvalue weighted by molar-refractivity contribution is -0.139. The lowest BCUT2D eigenvalue weighted by atomic mass is 10.1. The normalized spacial score (nSPS) is 12.2. The van der Waals surface area contributed by atoms with Crippen LogP contribution in [0.3, 0.4) is 0 Å². The van der Waals surface area contributed by atoms with Gasteiger partial charge in [-0.1, -0.05) is 59.1 Å². The van der Waals surface area contributed by atoms with Crippen LogP contribution in [-0.4, -0.2) is 43.8 Å². The summed E-state index contributed by atoms with van der Waals surface area (Å²) >= 11 is 12.6. The first-order valence-electron chi connectivity index (χ1n) is 12.2. The fourth-order valence-electron chi connectivity index (χ4n) is 3.83. The molecule has 0 aliphatic rings. The fourth-order valence-corrected chi connectivity index (χ4v) is 5.69. The van der Waals surface area contributed by atoms with Crippen LogP contribution in [0.2, 0.25) is 10.0 Å². The predicted octanol–water partition coefficient (Wildman–Crippen LogP) is 5.58. The highest BCUT2D eigenvalue weighted by molar-refractivity contribution is 7.92. The van der Waals surface area contributed by atoms with Crippen LogP contribution in [0.15, 0.2) is 71.6 Å². The third-order valence-electron chi connectivity index (χ3n) is 5.96. The van der Waals surface area contributed by atoms with Crippen molar-refractivity contribution in [2.75, 3.05) is 10.8 Å². The van der Waals surface area contributed by atoms with Crippen LogP contribution < -0.4 is 9.62 Å². The Labute approximate surface area is 238 Å². The number of nitrogens with zero attached hydrogens (tertiary/aromatic N) is 2. The molecule has 0 heterocycles. The summed E-state index contributed by atoms with van der Waals surface area (Å²) in [4.78, 5) is 27.8. The topological polar surface area (TPSA) is 86.8 Å². The molecular weight excluding hydrogens is 564 g/mol. The molecule has 3 aromatic carbocycles. The van der Waals surface area contributed by atoms with Crippen molar-refractivity contribution in [2.45, 2.75) is 51.2 Å². The van der Waals surface area contributed by atoms with Crippen molar-refractivity contribution >= 4 is 50.7 Å². The van der Waals surface area contributed by atoms with Gasteiger partial charge in [-0.15, -0.1) is 0 Å². The first-order chi connectivity index (χ1) is 18.3. The zero-order valence-corrected chi connectivity index (χ0v) is 24.3. The van der Waals surface area contributed by atoms with Gasteiger partial charge in [0.05, 0.1) is 15.6 Å². The van der Waals surface area contributed by atoms with Crippen LogP contribution in [0.4, 0.5) is 10.1 Å². The van der Waals surface area contributed by atoms with Gasteiger partial charge in [-0.25, -0.2) is 12.8 Å². The second-order valence-corrected chi connectivity index (χ2v) is 12.1. The highest BCUT2D eigenvalue weighted by Crippen LogP contribution is 2.33. The number of benzene rings is 3. The minimum absolute atomic E-state index is 0.0109. The van der Waals surface area contributed by atoms with Gasteiger partial charge in [0.2, 0.25) is 11.8 Å². The van der Waals surface area contributed by atoms with E-state index >= 15 is 0 Å². The van der Waals surface area contributed by atoms with Gasteiger partial charge in [0.25, 0.3) is 10.0 Å². The summed E-state index contributed by atoms with van der Waals surface area (Å²) < 4.78 is 43.1. The third kappa shape index (κ3) is 7.50. The van der Waals surface area contributed by atoms with E-state index in [0.717, 1.165) is 14.8 Å². The van der Waals surface area contributed by atoms with E-state index in [4.69, 9.17) is 23.2 Å². The molecule has 0 bridgehead atoms. The number of nitrogens with one attached hydrogen (secondary N) is 1. The molecule has 11 heteroatoms. The average Bonchev–Trinajstić information content (AvgIpc) is 2.87. The number of aryl methyl sites for hydroxylation is 1. The van der Waals surface area contributed by atoms with E-state index in [-0.39, 0.29) is 38.8 Å². The summed E-state index contributed by atoms with van der Waals surface area (Å²) in [6.45, 7) is 5.87. The number of anilines is 1. The minimum Gasteiger partial charge on any atom is -0.352 e. The molecule has 2 amide bonds. The standard InChI is InChI=1S/C28H30Cl2FN3O4S/c1-18(2)32-28(36)20(4)33(16-21-7-5-6-8-25(21)31)27(35)17-34(26-15-22(29)11-14-24(26)30)39(37,38)23-12-9-19(3)10-13-23/h5-15,18,20H,16-17H2,1-4H3,(H,32,36)/t20-/m1/s1. The third-order valence-corrected chi connectivity index (χ3v) is 8.29. The lowest BCUT2D eigenvalue weighted by Crippen LogP contribution is -2.52. The molecular formula is C28H30Cl2FN3O4S.